The molecule has 1 aromatic heterocycles. The number of aromatic nitrogens is 2. The number of fused-ring (bicyclic) bond motifs is 1. The van der Waals surface area contributed by atoms with Crippen molar-refractivity contribution in [2.45, 2.75) is 19.4 Å². The van der Waals surface area contributed by atoms with Crippen molar-refractivity contribution >= 4 is 16.9 Å². The van der Waals surface area contributed by atoms with Crippen molar-refractivity contribution in [3.05, 3.63) is 70.3 Å². The van der Waals surface area contributed by atoms with E-state index in [1.807, 2.05) is 0 Å². The molecule has 2 aromatic carbocycles. The molecule has 128 valence electrons. The van der Waals surface area contributed by atoms with Gasteiger partial charge in [0.15, 0.2) is 0 Å². The molecular formula is C19H17N2O4-. The van der Waals surface area contributed by atoms with Gasteiger partial charge in [0.2, 0.25) is 0 Å². The van der Waals surface area contributed by atoms with Crippen molar-refractivity contribution in [1.82, 2.24) is 9.55 Å². The third kappa shape index (κ3) is 3.24. The van der Waals surface area contributed by atoms with Crippen LogP contribution in [0.25, 0.3) is 10.9 Å². The minimum Gasteiger partial charge on any atom is -0.550 e. The standard InChI is InChI=1S/C19H18N2O4/c1-12-20-16-6-4-3-5-15(16)19(24)21(12)17(11-18(22)23)13-7-9-14(25-2)10-8-13/h3-10,17H,11H2,1-2H3,(H,22,23)/p-1/t17-/m0/s1. The van der Waals surface area contributed by atoms with Crippen LogP contribution in [0.2, 0.25) is 0 Å². The van der Waals surface area contributed by atoms with Crippen LogP contribution in [0.1, 0.15) is 23.9 Å². The summed E-state index contributed by atoms with van der Waals surface area (Å²) in [6.45, 7) is 1.69. The molecule has 0 saturated carbocycles. The van der Waals surface area contributed by atoms with Crippen LogP contribution in [0.5, 0.6) is 5.75 Å². The Morgan fingerprint density at radius 1 is 1.20 bits per heavy atom. The number of carbonyl (C=O) groups is 1. The Labute approximate surface area is 144 Å². The summed E-state index contributed by atoms with van der Waals surface area (Å²) in [7, 11) is 1.55. The molecule has 0 fully saturated rings. The fourth-order valence-electron chi connectivity index (χ4n) is 2.97. The molecule has 0 aliphatic rings. The molecule has 1 heterocycles. The Kier molecular flexibility index (Phi) is 4.52. The average Bonchev–Trinajstić information content (AvgIpc) is 2.60. The van der Waals surface area contributed by atoms with Gasteiger partial charge in [-0.2, -0.15) is 0 Å². The molecular weight excluding hydrogens is 320 g/mol. The molecule has 1 atom stereocenters. The molecule has 0 amide bonds. The lowest BCUT2D eigenvalue weighted by molar-refractivity contribution is -0.306. The molecule has 0 saturated heterocycles. The summed E-state index contributed by atoms with van der Waals surface area (Å²) in [4.78, 5) is 28.7. The lowest BCUT2D eigenvalue weighted by Gasteiger charge is -2.23. The highest BCUT2D eigenvalue weighted by Crippen LogP contribution is 2.24. The van der Waals surface area contributed by atoms with E-state index in [2.05, 4.69) is 4.98 Å². The highest BCUT2D eigenvalue weighted by molar-refractivity contribution is 5.77. The van der Waals surface area contributed by atoms with Crippen LogP contribution >= 0.6 is 0 Å². The zero-order chi connectivity index (χ0) is 18.0. The van der Waals surface area contributed by atoms with Gasteiger partial charge < -0.3 is 14.6 Å². The van der Waals surface area contributed by atoms with Gasteiger partial charge in [-0.15, -0.1) is 0 Å². The van der Waals surface area contributed by atoms with E-state index in [4.69, 9.17) is 4.74 Å². The molecule has 0 N–H and O–H groups in total. The minimum absolute atomic E-state index is 0.273. The number of carbonyl (C=O) groups excluding carboxylic acids is 1. The second-order valence-electron chi connectivity index (χ2n) is 5.72. The largest absolute Gasteiger partial charge is 0.550 e. The lowest BCUT2D eigenvalue weighted by atomic mass is 10.0. The zero-order valence-electron chi connectivity index (χ0n) is 13.9. The zero-order valence-corrected chi connectivity index (χ0v) is 13.9. The van der Waals surface area contributed by atoms with E-state index >= 15 is 0 Å². The number of nitrogens with zero attached hydrogens (tertiary/aromatic N) is 2. The first-order valence-electron chi connectivity index (χ1n) is 7.83. The SMILES string of the molecule is COc1ccc([C@H](CC(=O)[O-])n2c(C)nc3ccccc3c2=O)cc1. The Bertz CT molecular complexity index is 977. The van der Waals surface area contributed by atoms with Gasteiger partial charge in [-0.3, -0.25) is 9.36 Å². The summed E-state index contributed by atoms with van der Waals surface area (Å²) in [5.41, 5.74) is 0.987. The number of carboxylic acids is 1. The normalized spacial score (nSPS) is 12.1. The molecule has 0 aliphatic heterocycles. The Balaban J connectivity index is 2.20. The summed E-state index contributed by atoms with van der Waals surface area (Å²) in [6, 6.07) is 13.2. The van der Waals surface area contributed by atoms with Crippen LogP contribution in [-0.2, 0) is 4.79 Å². The quantitative estimate of drug-likeness (QED) is 0.703. The number of hydrogen-bond acceptors (Lipinski definition) is 5. The fourth-order valence-corrected chi connectivity index (χ4v) is 2.97. The van der Waals surface area contributed by atoms with Gasteiger partial charge in [-0.1, -0.05) is 24.3 Å². The first kappa shape index (κ1) is 16.7. The molecule has 6 heteroatoms. The van der Waals surface area contributed by atoms with E-state index in [0.29, 0.717) is 28.0 Å². The van der Waals surface area contributed by atoms with E-state index < -0.39 is 12.0 Å². The molecule has 0 aliphatic carbocycles. The summed E-state index contributed by atoms with van der Waals surface area (Å²) in [5, 5.41) is 11.7. The monoisotopic (exact) mass is 337 g/mol. The van der Waals surface area contributed by atoms with E-state index in [1.165, 1.54) is 4.57 Å². The van der Waals surface area contributed by atoms with Crippen molar-refractivity contribution in [3.63, 3.8) is 0 Å². The van der Waals surface area contributed by atoms with E-state index in [9.17, 15) is 14.7 Å². The van der Waals surface area contributed by atoms with Crippen LogP contribution in [0.3, 0.4) is 0 Å². The number of rotatable bonds is 5. The molecule has 0 spiro atoms. The second-order valence-corrected chi connectivity index (χ2v) is 5.72. The van der Waals surface area contributed by atoms with Gasteiger partial charge in [0.05, 0.1) is 24.1 Å². The molecule has 0 bridgehead atoms. The number of methoxy groups -OCH3 is 1. The highest BCUT2D eigenvalue weighted by Gasteiger charge is 2.20. The van der Waals surface area contributed by atoms with Crippen LogP contribution in [0.4, 0.5) is 0 Å². The van der Waals surface area contributed by atoms with Crippen molar-refractivity contribution in [3.8, 4) is 5.75 Å². The second kappa shape index (κ2) is 6.76. The molecule has 0 unspecified atom stereocenters. The predicted molar refractivity (Wildman–Crippen MR) is 91.5 cm³/mol. The number of carboxylic acid groups (broad SMARTS) is 1. The summed E-state index contributed by atoms with van der Waals surface area (Å²) in [5.74, 6) is -0.136. The first-order valence-corrected chi connectivity index (χ1v) is 7.83. The number of aryl methyl sites for hydroxylation is 1. The van der Waals surface area contributed by atoms with Gasteiger partial charge in [-0.25, -0.2) is 4.98 Å². The third-order valence-electron chi connectivity index (χ3n) is 4.16. The number of benzene rings is 2. The number of hydrogen-bond donors (Lipinski definition) is 0. The molecule has 6 nitrogen and oxygen atoms in total. The molecule has 3 rings (SSSR count). The van der Waals surface area contributed by atoms with Crippen LogP contribution in [-0.4, -0.2) is 22.6 Å². The third-order valence-corrected chi connectivity index (χ3v) is 4.16. The molecule has 3 aromatic rings. The maximum absolute atomic E-state index is 13.0. The van der Waals surface area contributed by atoms with Crippen molar-refractivity contribution < 1.29 is 14.6 Å². The Morgan fingerprint density at radius 2 is 1.88 bits per heavy atom. The topological polar surface area (TPSA) is 84.2 Å². The average molecular weight is 337 g/mol. The van der Waals surface area contributed by atoms with E-state index in [0.717, 1.165) is 0 Å². The van der Waals surface area contributed by atoms with E-state index in [1.54, 1.807) is 62.6 Å². The van der Waals surface area contributed by atoms with Crippen LogP contribution in [0, 0.1) is 6.92 Å². The van der Waals surface area contributed by atoms with Crippen molar-refractivity contribution in [2.24, 2.45) is 0 Å². The van der Waals surface area contributed by atoms with Crippen LogP contribution in [0.15, 0.2) is 53.3 Å². The number of aliphatic carboxylic acids is 1. The number of ether oxygens (including phenoxy) is 1. The lowest BCUT2D eigenvalue weighted by Crippen LogP contribution is -2.33. The maximum Gasteiger partial charge on any atom is 0.261 e. The van der Waals surface area contributed by atoms with Crippen LogP contribution < -0.4 is 15.4 Å². The smallest absolute Gasteiger partial charge is 0.261 e. The summed E-state index contributed by atoms with van der Waals surface area (Å²) in [6.07, 6.45) is -0.326. The first-order chi connectivity index (χ1) is 12.0. The highest BCUT2D eigenvalue weighted by atomic mass is 16.5. The Morgan fingerprint density at radius 3 is 2.52 bits per heavy atom. The van der Waals surface area contributed by atoms with Gasteiger partial charge in [-0.05, 0) is 36.8 Å². The van der Waals surface area contributed by atoms with E-state index in [-0.39, 0.29) is 12.0 Å². The van der Waals surface area contributed by atoms with Crippen molar-refractivity contribution in [2.75, 3.05) is 7.11 Å². The Hall–Kier alpha value is -3.15. The summed E-state index contributed by atoms with van der Waals surface area (Å²) < 4.78 is 6.55. The molecule has 25 heavy (non-hydrogen) atoms. The van der Waals surface area contributed by atoms with Crippen molar-refractivity contribution in [1.29, 1.82) is 0 Å². The van der Waals surface area contributed by atoms with Gasteiger partial charge in [0, 0.05) is 12.4 Å². The molecule has 0 radical (unpaired) electrons. The summed E-state index contributed by atoms with van der Waals surface area (Å²) >= 11 is 0. The van der Waals surface area contributed by atoms with Gasteiger partial charge >= 0.3 is 0 Å². The minimum atomic E-state index is -1.24. The fraction of sp³-hybridized carbons (Fsp3) is 0.211. The van der Waals surface area contributed by atoms with Gasteiger partial charge in [0.25, 0.3) is 5.56 Å². The van der Waals surface area contributed by atoms with Gasteiger partial charge in [0.1, 0.15) is 11.6 Å². The predicted octanol–water partition coefficient (Wildman–Crippen LogP) is 1.44. The maximum atomic E-state index is 13.0. The number of para-hydroxylation sites is 1.